The van der Waals surface area contributed by atoms with Crippen LogP contribution in [0.5, 0.6) is 0 Å². The highest BCUT2D eigenvalue weighted by molar-refractivity contribution is 7.99. The van der Waals surface area contributed by atoms with E-state index in [4.69, 9.17) is 5.26 Å². The van der Waals surface area contributed by atoms with E-state index in [1.165, 1.54) is 12.1 Å². The summed E-state index contributed by atoms with van der Waals surface area (Å²) in [5.41, 5.74) is 1.44. The van der Waals surface area contributed by atoms with Gasteiger partial charge in [-0.2, -0.15) is 5.26 Å². The predicted octanol–water partition coefficient (Wildman–Crippen LogP) is 3.95. The van der Waals surface area contributed by atoms with Crippen LogP contribution >= 0.6 is 11.8 Å². The molecule has 1 aromatic heterocycles. The Morgan fingerprint density at radius 3 is 2.61 bits per heavy atom. The molecule has 0 radical (unpaired) electrons. The van der Waals surface area contributed by atoms with E-state index in [9.17, 15) is 4.39 Å². The van der Waals surface area contributed by atoms with Gasteiger partial charge in [-0.3, -0.25) is 0 Å². The van der Waals surface area contributed by atoms with E-state index in [1.807, 2.05) is 25.1 Å². The number of hydrogen-bond donors (Lipinski definition) is 0. The first kappa shape index (κ1) is 12.6. The first-order valence-electron chi connectivity index (χ1n) is 5.48. The molecule has 1 aromatic carbocycles. The fraction of sp³-hybridized carbons (Fsp3) is 0.143. The third-order valence-corrected chi connectivity index (χ3v) is 3.57. The monoisotopic (exact) mass is 258 g/mol. The van der Waals surface area contributed by atoms with Crippen molar-refractivity contribution in [3.05, 3.63) is 59.5 Å². The smallest absolute Gasteiger partial charge is 0.141 e. The molecular weight excluding hydrogens is 247 g/mol. The number of hydrogen-bond acceptors (Lipinski definition) is 3. The Labute approximate surface area is 109 Å². The summed E-state index contributed by atoms with van der Waals surface area (Å²) in [6, 6.07) is 13.8. The molecule has 1 atom stereocenters. The van der Waals surface area contributed by atoms with Crippen molar-refractivity contribution in [2.24, 2.45) is 0 Å². The third-order valence-electron chi connectivity index (χ3n) is 2.48. The molecule has 0 bridgehead atoms. The topological polar surface area (TPSA) is 36.7 Å². The quantitative estimate of drug-likeness (QED) is 0.782. The van der Waals surface area contributed by atoms with E-state index in [0.29, 0.717) is 5.69 Å². The van der Waals surface area contributed by atoms with Crippen LogP contribution < -0.4 is 0 Å². The Kier molecular flexibility index (Phi) is 3.96. The van der Waals surface area contributed by atoms with E-state index in [0.717, 1.165) is 10.6 Å². The van der Waals surface area contributed by atoms with Crippen molar-refractivity contribution in [1.82, 2.24) is 4.98 Å². The number of pyridine rings is 1. The van der Waals surface area contributed by atoms with Crippen molar-refractivity contribution in [3.63, 3.8) is 0 Å². The third kappa shape index (κ3) is 3.08. The van der Waals surface area contributed by atoms with E-state index < -0.39 is 0 Å². The molecule has 0 amide bonds. The molecule has 2 rings (SSSR count). The fourth-order valence-electron chi connectivity index (χ4n) is 1.53. The molecule has 18 heavy (non-hydrogen) atoms. The summed E-state index contributed by atoms with van der Waals surface area (Å²) in [5.74, 6) is -0.236. The maximum Gasteiger partial charge on any atom is 0.141 e. The summed E-state index contributed by atoms with van der Waals surface area (Å²) >= 11 is 1.55. The minimum atomic E-state index is -0.236. The molecule has 0 fully saturated rings. The molecule has 0 aliphatic heterocycles. The largest absolute Gasteiger partial charge is 0.231 e. The van der Waals surface area contributed by atoms with Gasteiger partial charge in [0.15, 0.2) is 0 Å². The van der Waals surface area contributed by atoms with Gasteiger partial charge in [0.2, 0.25) is 0 Å². The maximum atomic E-state index is 12.8. The van der Waals surface area contributed by atoms with E-state index >= 15 is 0 Å². The molecule has 0 aliphatic rings. The SMILES string of the molecule is CC(Sc1cccc(C#N)n1)c1ccc(F)cc1. The highest BCUT2D eigenvalue weighted by Crippen LogP contribution is 2.33. The molecule has 0 N–H and O–H groups in total. The van der Waals surface area contributed by atoms with Gasteiger partial charge >= 0.3 is 0 Å². The number of nitrogens with zero attached hydrogens (tertiary/aromatic N) is 2. The van der Waals surface area contributed by atoms with Crippen molar-refractivity contribution in [1.29, 1.82) is 5.26 Å². The number of benzene rings is 1. The van der Waals surface area contributed by atoms with Crippen LogP contribution in [0.25, 0.3) is 0 Å². The second-order valence-electron chi connectivity index (χ2n) is 3.78. The Hall–Kier alpha value is -1.86. The lowest BCUT2D eigenvalue weighted by molar-refractivity contribution is 0.627. The fourth-order valence-corrected chi connectivity index (χ4v) is 2.49. The molecule has 0 saturated carbocycles. The number of thioether (sulfide) groups is 1. The number of rotatable bonds is 3. The average Bonchev–Trinajstić information content (AvgIpc) is 2.39. The maximum absolute atomic E-state index is 12.8. The van der Waals surface area contributed by atoms with Gasteiger partial charge in [0.1, 0.15) is 17.6 Å². The van der Waals surface area contributed by atoms with Crippen molar-refractivity contribution >= 4 is 11.8 Å². The minimum Gasteiger partial charge on any atom is -0.231 e. The average molecular weight is 258 g/mol. The zero-order valence-electron chi connectivity index (χ0n) is 9.80. The highest BCUT2D eigenvalue weighted by atomic mass is 32.2. The number of aromatic nitrogens is 1. The van der Waals surface area contributed by atoms with Crippen LogP contribution in [0, 0.1) is 17.1 Å². The normalized spacial score (nSPS) is 11.8. The van der Waals surface area contributed by atoms with Crippen molar-refractivity contribution < 1.29 is 4.39 Å². The summed E-state index contributed by atoms with van der Waals surface area (Å²) in [6.07, 6.45) is 0. The van der Waals surface area contributed by atoms with Crippen LogP contribution in [-0.4, -0.2) is 4.98 Å². The van der Waals surface area contributed by atoms with Gasteiger partial charge in [-0.05, 0) is 36.8 Å². The van der Waals surface area contributed by atoms with E-state index in [-0.39, 0.29) is 11.1 Å². The lowest BCUT2D eigenvalue weighted by atomic mass is 10.2. The Bertz CT molecular complexity index is 575. The van der Waals surface area contributed by atoms with Gasteiger partial charge in [0.05, 0.1) is 5.03 Å². The van der Waals surface area contributed by atoms with Gasteiger partial charge in [0, 0.05) is 5.25 Å². The van der Waals surface area contributed by atoms with Crippen LogP contribution in [0.15, 0.2) is 47.5 Å². The Balaban J connectivity index is 2.13. The minimum absolute atomic E-state index is 0.159. The molecule has 0 spiro atoms. The van der Waals surface area contributed by atoms with Crippen molar-refractivity contribution in [2.75, 3.05) is 0 Å². The Morgan fingerprint density at radius 2 is 1.94 bits per heavy atom. The first-order chi connectivity index (χ1) is 8.69. The molecule has 0 saturated heterocycles. The molecule has 4 heteroatoms. The molecule has 0 aliphatic carbocycles. The van der Waals surface area contributed by atoms with Crippen LogP contribution in [0.3, 0.4) is 0 Å². The number of nitriles is 1. The summed E-state index contributed by atoms with van der Waals surface area (Å²) in [4.78, 5) is 4.20. The van der Waals surface area contributed by atoms with Gasteiger partial charge in [-0.15, -0.1) is 0 Å². The first-order valence-corrected chi connectivity index (χ1v) is 6.36. The zero-order chi connectivity index (χ0) is 13.0. The summed E-state index contributed by atoms with van der Waals surface area (Å²) < 4.78 is 12.8. The van der Waals surface area contributed by atoms with Gasteiger partial charge < -0.3 is 0 Å². The summed E-state index contributed by atoms with van der Waals surface area (Å²) in [6.45, 7) is 2.03. The van der Waals surface area contributed by atoms with Gasteiger partial charge in [-0.25, -0.2) is 9.37 Å². The summed E-state index contributed by atoms with van der Waals surface area (Å²) in [7, 11) is 0. The van der Waals surface area contributed by atoms with Crippen molar-refractivity contribution in [2.45, 2.75) is 17.2 Å². The van der Waals surface area contributed by atoms with E-state index in [1.54, 1.807) is 30.0 Å². The standard InChI is InChI=1S/C14H11FN2S/c1-10(11-5-7-12(15)8-6-11)18-14-4-2-3-13(9-16)17-14/h2-8,10H,1H3. The van der Waals surface area contributed by atoms with Crippen LogP contribution in [0.2, 0.25) is 0 Å². The second-order valence-corrected chi connectivity index (χ2v) is 5.15. The molecule has 1 heterocycles. The van der Waals surface area contributed by atoms with Crippen LogP contribution in [-0.2, 0) is 0 Å². The zero-order valence-corrected chi connectivity index (χ0v) is 10.6. The lowest BCUT2D eigenvalue weighted by Crippen LogP contribution is -1.91. The summed E-state index contributed by atoms with van der Waals surface area (Å²) in [5, 5.41) is 9.74. The number of halogens is 1. The molecule has 2 aromatic rings. The van der Waals surface area contributed by atoms with Crippen LogP contribution in [0.4, 0.5) is 4.39 Å². The predicted molar refractivity (Wildman–Crippen MR) is 69.6 cm³/mol. The van der Waals surface area contributed by atoms with Crippen molar-refractivity contribution in [3.8, 4) is 6.07 Å². The van der Waals surface area contributed by atoms with Gasteiger partial charge in [0.25, 0.3) is 0 Å². The Morgan fingerprint density at radius 1 is 1.22 bits per heavy atom. The molecule has 2 nitrogen and oxygen atoms in total. The van der Waals surface area contributed by atoms with E-state index in [2.05, 4.69) is 4.98 Å². The molecule has 1 unspecified atom stereocenters. The molecule has 90 valence electrons. The molecular formula is C14H11FN2S. The van der Waals surface area contributed by atoms with Gasteiger partial charge in [-0.1, -0.05) is 30.0 Å². The van der Waals surface area contributed by atoms with Crippen LogP contribution in [0.1, 0.15) is 23.4 Å². The lowest BCUT2D eigenvalue weighted by Gasteiger charge is -2.10. The highest BCUT2D eigenvalue weighted by Gasteiger charge is 2.08. The second kappa shape index (κ2) is 5.65.